The number of carbonyl (C=O) groups is 2. The number of rotatable bonds is 12. The molecule has 0 saturated carbocycles. The average molecular weight is 625 g/mol. The van der Waals surface area contributed by atoms with E-state index in [0.717, 1.165) is 22.6 Å². The number of nitrogens with zero attached hydrogens (tertiary/aromatic N) is 2. The Bertz CT molecular complexity index is 1520. The molecule has 236 valence electrons. The molecule has 2 N–H and O–H groups in total. The van der Waals surface area contributed by atoms with Crippen molar-refractivity contribution in [3.05, 3.63) is 119 Å². The molecule has 46 heavy (non-hydrogen) atoms. The monoisotopic (exact) mass is 624 g/mol. The molecule has 12 nitrogen and oxygen atoms in total. The normalized spacial score (nSPS) is 16.1. The molecule has 1 fully saturated rings. The predicted molar refractivity (Wildman–Crippen MR) is 170 cm³/mol. The molecular formula is C34H32N4O8. The van der Waals surface area contributed by atoms with E-state index in [9.17, 15) is 9.59 Å². The van der Waals surface area contributed by atoms with Crippen molar-refractivity contribution in [1.29, 1.82) is 0 Å². The lowest BCUT2D eigenvalue weighted by molar-refractivity contribution is -0.271. The molecule has 5 rings (SSSR count). The summed E-state index contributed by atoms with van der Waals surface area (Å²) in [5.74, 6) is 1.60. The third-order valence-corrected chi connectivity index (χ3v) is 6.60. The molecule has 2 atom stereocenters. The molecule has 1 heterocycles. The molecule has 12 heteroatoms. The van der Waals surface area contributed by atoms with Gasteiger partial charge in [0.25, 0.3) is 24.4 Å². The quantitative estimate of drug-likeness (QED) is 0.175. The SMILES string of the molecule is COc1ccc(/C=N/NC(=O)c2ccc(OC3OCCOC3Oc3ccc(C(=O)N/N=C/c4ccc(OC)cc4)cc3)cc2)cc1. The Morgan fingerprint density at radius 2 is 0.935 bits per heavy atom. The van der Waals surface area contributed by atoms with E-state index in [4.69, 9.17) is 28.4 Å². The lowest BCUT2D eigenvalue weighted by Gasteiger charge is -2.31. The highest BCUT2D eigenvalue weighted by molar-refractivity contribution is 5.95. The van der Waals surface area contributed by atoms with Crippen molar-refractivity contribution in [3.63, 3.8) is 0 Å². The van der Waals surface area contributed by atoms with Gasteiger partial charge < -0.3 is 28.4 Å². The van der Waals surface area contributed by atoms with E-state index >= 15 is 0 Å². The van der Waals surface area contributed by atoms with Crippen LogP contribution < -0.4 is 29.8 Å². The smallest absolute Gasteiger partial charge is 0.271 e. The van der Waals surface area contributed by atoms with E-state index in [1.807, 2.05) is 24.3 Å². The minimum atomic E-state index is -0.877. The number of carbonyl (C=O) groups excluding carboxylic acids is 2. The van der Waals surface area contributed by atoms with E-state index in [0.29, 0.717) is 35.8 Å². The first kappa shape index (κ1) is 31.7. The third kappa shape index (κ3) is 8.91. The summed E-state index contributed by atoms with van der Waals surface area (Å²) in [5, 5.41) is 8.00. The van der Waals surface area contributed by atoms with E-state index in [-0.39, 0.29) is 11.8 Å². The van der Waals surface area contributed by atoms with Crippen LogP contribution >= 0.6 is 0 Å². The maximum Gasteiger partial charge on any atom is 0.271 e. The summed E-state index contributed by atoms with van der Waals surface area (Å²) in [7, 11) is 3.19. The highest BCUT2D eigenvalue weighted by Gasteiger charge is 2.31. The van der Waals surface area contributed by atoms with Gasteiger partial charge >= 0.3 is 0 Å². The standard InChI is InChI=1S/C34H32N4O8/c1-41-27-11-3-23(4-12-27)21-35-37-31(39)25-7-15-29(16-8-25)45-33-34(44-20-19-43-33)46-30-17-9-26(10-18-30)32(40)38-36-22-24-5-13-28(42-2)14-6-24/h3-18,21-22,33-34H,19-20H2,1-2H3,(H,37,39)(H,38,40)/b35-21+,36-22+. The van der Waals surface area contributed by atoms with Crippen LogP contribution in [0.2, 0.25) is 0 Å². The van der Waals surface area contributed by atoms with E-state index < -0.39 is 12.6 Å². The molecule has 0 radical (unpaired) electrons. The molecule has 0 spiro atoms. The second kappa shape index (κ2) is 15.8. The topological polar surface area (TPSA) is 138 Å². The van der Waals surface area contributed by atoms with E-state index in [2.05, 4.69) is 21.1 Å². The number of hydrogen-bond acceptors (Lipinski definition) is 10. The van der Waals surface area contributed by atoms with Gasteiger partial charge in [0.15, 0.2) is 0 Å². The number of hydrazone groups is 2. The summed E-state index contributed by atoms with van der Waals surface area (Å²) in [6.45, 7) is 0.626. The van der Waals surface area contributed by atoms with Crippen LogP contribution in [0.15, 0.2) is 107 Å². The fourth-order valence-corrected chi connectivity index (χ4v) is 4.14. The van der Waals surface area contributed by atoms with Crippen LogP contribution in [0.1, 0.15) is 31.8 Å². The second-order valence-electron chi connectivity index (χ2n) is 9.71. The van der Waals surface area contributed by atoms with Crippen LogP contribution in [0.3, 0.4) is 0 Å². The van der Waals surface area contributed by atoms with Gasteiger partial charge in [-0.25, -0.2) is 10.9 Å². The van der Waals surface area contributed by atoms with Crippen molar-refractivity contribution < 1.29 is 38.0 Å². The maximum atomic E-state index is 12.5. The Balaban J connectivity index is 1.11. The Labute approximate surface area is 265 Å². The Hall–Kier alpha value is -5.72. The molecule has 4 aromatic rings. The van der Waals surface area contributed by atoms with Crippen LogP contribution in [-0.4, -0.2) is 64.3 Å². The van der Waals surface area contributed by atoms with Gasteiger partial charge in [0.1, 0.15) is 23.0 Å². The summed E-state index contributed by atoms with van der Waals surface area (Å²) >= 11 is 0. The first-order valence-corrected chi connectivity index (χ1v) is 14.2. The Morgan fingerprint density at radius 3 is 1.28 bits per heavy atom. The van der Waals surface area contributed by atoms with Gasteiger partial charge in [-0.15, -0.1) is 0 Å². The zero-order valence-corrected chi connectivity index (χ0v) is 25.1. The molecule has 4 aromatic carbocycles. The van der Waals surface area contributed by atoms with Crippen LogP contribution in [0.4, 0.5) is 0 Å². The first-order valence-electron chi connectivity index (χ1n) is 14.2. The van der Waals surface area contributed by atoms with Crippen molar-refractivity contribution in [3.8, 4) is 23.0 Å². The molecule has 1 saturated heterocycles. The molecule has 0 aliphatic carbocycles. The minimum Gasteiger partial charge on any atom is -0.497 e. The van der Waals surface area contributed by atoms with Crippen LogP contribution in [0.25, 0.3) is 0 Å². The van der Waals surface area contributed by atoms with Gasteiger partial charge in [0.2, 0.25) is 0 Å². The van der Waals surface area contributed by atoms with Crippen molar-refractivity contribution in [2.45, 2.75) is 12.6 Å². The number of methoxy groups -OCH3 is 2. The van der Waals surface area contributed by atoms with E-state index in [1.54, 1.807) is 87.0 Å². The number of hydrogen-bond donors (Lipinski definition) is 2. The van der Waals surface area contributed by atoms with E-state index in [1.165, 1.54) is 12.4 Å². The largest absolute Gasteiger partial charge is 0.497 e. The summed E-state index contributed by atoms with van der Waals surface area (Å²) in [4.78, 5) is 25.0. The third-order valence-electron chi connectivity index (χ3n) is 6.60. The molecule has 2 unspecified atom stereocenters. The average Bonchev–Trinajstić information content (AvgIpc) is 3.10. The minimum absolute atomic E-state index is 0.313. The molecule has 1 aliphatic heterocycles. The van der Waals surface area contributed by atoms with Crippen molar-refractivity contribution in [2.75, 3.05) is 27.4 Å². The highest BCUT2D eigenvalue weighted by Crippen LogP contribution is 2.22. The molecule has 0 bridgehead atoms. The molecular weight excluding hydrogens is 592 g/mol. The molecule has 2 amide bonds. The fraction of sp³-hybridized carbons (Fsp3) is 0.176. The number of nitrogens with one attached hydrogen (secondary N) is 2. The summed E-state index contributed by atoms with van der Waals surface area (Å²) in [6.07, 6.45) is 1.32. The lowest BCUT2D eigenvalue weighted by atomic mass is 10.2. The van der Waals surface area contributed by atoms with Crippen LogP contribution in [0, 0.1) is 0 Å². The predicted octanol–water partition coefficient (Wildman–Crippen LogP) is 4.39. The number of amides is 2. The van der Waals surface area contributed by atoms with Crippen molar-refractivity contribution >= 4 is 24.2 Å². The Morgan fingerprint density at radius 1 is 0.587 bits per heavy atom. The summed E-state index contributed by atoms with van der Waals surface area (Å²) in [6, 6.07) is 27.5. The maximum absolute atomic E-state index is 12.5. The summed E-state index contributed by atoms with van der Waals surface area (Å²) < 4.78 is 33.7. The first-order chi connectivity index (χ1) is 22.5. The zero-order valence-electron chi connectivity index (χ0n) is 25.1. The van der Waals surface area contributed by atoms with Gasteiger partial charge in [-0.05, 0) is 108 Å². The van der Waals surface area contributed by atoms with Crippen molar-refractivity contribution in [2.24, 2.45) is 10.2 Å². The van der Waals surface area contributed by atoms with Gasteiger partial charge in [-0.2, -0.15) is 10.2 Å². The van der Waals surface area contributed by atoms with Gasteiger partial charge in [0, 0.05) is 11.1 Å². The highest BCUT2D eigenvalue weighted by atomic mass is 16.8. The molecule has 1 aliphatic rings. The van der Waals surface area contributed by atoms with Crippen LogP contribution in [0.5, 0.6) is 23.0 Å². The Kier molecular flexibility index (Phi) is 10.9. The van der Waals surface area contributed by atoms with Crippen LogP contribution in [-0.2, 0) is 9.47 Å². The fourth-order valence-electron chi connectivity index (χ4n) is 4.14. The van der Waals surface area contributed by atoms with Crippen molar-refractivity contribution in [1.82, 2.24) is 10.9 Å². The number of ether oxygens (including phenoxy) is 6. The zero-order chi connectivity index (χ0) is 32.1. The van der Waals surface area contributed by atoms with Gasteiger partial charge in [-0.3, -0.25) is 9.59 Å². The van der Waals surface area contributed by atoms with Gasteiger partial charge in [0.05, 0.1) is 39.9 Å². The number of benzene rings is 4. The second-order valence-corrected chi connectivity index (χ2v) is 9.71. The summed E-state index contributed by atoms with van der Waals surface area (Å²) in [5.41, 5.74) is 7.40. The molecule has 0 aromatic heterocycles. The van der Waals surface area contributed by atoms with Gasteiger partial charge in [-0.1, -0.05) is 0 Å². The lowest BCUT2D eigenvalue weighted by Crippen LogP contribution is -2.45.